The molecule has 0 unspecified atom stereocenters. The van der Waals surface area contributed by atoms with Crippen molar-refractivity contribution in [2.75, 3.05) is 36.2 Å². The number of phenols is 3. The summed E-state index contributed by atoms with van der Waals surface area (Å²) in [6.07, 6.45) is 9.56. The number of halogens is 1. The van der Waals surface area contributed by atoms with Crippen molar-refractivity contribution in [1.82, 2.24) is 0 Å². The van der Waals surface area contributed by atoms with E-state index < -0.39 is 21.4 Å². The van der Waals surface area contributed by atoms with Gasteiger partial charge >= 0.3 is 11.7 Å². The van der Waals surface area contributed by atoms with E-state index in [1.165, 1.54) is 63.6 Å². The van der Waals surface area contributed by atoms with Crippen LogP contribution in [0.2, 0.25) is 0 Å². The van der Waals surface area contributed by atoms with Crippen LogP contribution in [0.4, 0.5) is 32.8 Å². The second-order valence-corrected chi connectivity index (χ2v) is 12.0. The number of nitrogens with one attached hydrogen (secondary N) is 2. The van der Waals surface area contributed by atoms with Crippen molar-refractivity contribution >= 4 is 34.4 Å². The van der Waals surface area contributed by atoms with E-state index in [4.69, 9.17) is 21.3 Å². The number of benzene rings is 3. The molecule has 52 heavy (non-hydrogen) atoms. The molecule has 0 aromatic heterocycles. The second kappa shape index (κ2) is 22.4. The Hall–Kier alpha value is -5.42. The van der Waals surface area contributed by atoms with Crippen molar-refractivity contribution < 1.29 is 43.8 Å². The first kappa shape index (κ1) is 42.7. The summed E-state index contributed by atoms with van der Waals surface area (Å²) in [5.41, 5.74) is 12.2. The van der Waals surface area contributed by atoms with Gasteiger partial charge in [-0.2, -0.15) is 4.39 Å². The highest BCUT2D eigenvalue weighted by Crippen LogP contribution is 2.33. The van der Waals surface area contributed by atoms with E-state index in [9.17, 15) is 39.6 Å². The monoisotopic (exact) mass is 732 g/mol. The fourth-order valence-electron chi connectivity index (χ4n) is 3.82. The molecule has 7 rings (SSSR count). The normalized spacial score (nSPS) is 15.0. The number of hydrogen-bond acceptors (Lipinski definition) is 14. The van der Waals surface area contributed by atoms with Gasteiger partial charge in [0.05, 0.1) is 27.8 Å². The number of carbonyl (C=O) groups is 1. The Bertz CT molecular complexity index is 1570. The number of nitrogen functional groups attached to an aromatic ring is 1. The van der Waals surface area contributed by atoms with Crippen LogP contribution in [0.1, 0.15) is 65.2 Å². The number of carbonyl (C=O) groups excluding carboxylic acids is 1. The molecule has 3 aromatic carbocycles. The van der Waals surface area contributed by atoms with Crippen molar-refractivity contribution in [1.29, 1.82) is 0 Å². The van der Waals surface area contributed by atoms with Crippen molar-refractivity contribution in [3.63, 3.8) is 0 Å². The Balaban J connectivity index is 0.000000227. The fourth-order valence-corrected chi connectivity index (χ4v) is 3.82. The summed E-state index contributed by atoms with van der Waals surface area (Å²) in [5.74, 6) is -1.27. The van der Waals surface area contributed by atoms with E-state index in [0.29, 0.717) is 42.2 Å². The number of nitrogens with zero attached hydrogens (tertiary/aromatic N) is 2. The lowest BCUT2D eigenvalue weighted by atomic mass is 10.2. The molecule has 1 aliphatic heterocycles. The molecule has 286 valence electrons. The van der Waals surface area contributed by atoms with Gasteiger partial charge in [-0.15, -0.1) is 0 Å². The Labute approximate surface area is 301 Å². The van der Waals surface area contributed by atoms with Crippen LogP contribution in [0.5, 0.6) is 17.2 Å². The minimum Gasteiger partial charge on any atom is -0.508 e. The van der Waals surface area contributed by atoms with E-state index in [2.05, 4.69) is 15.4 Å². The lowest BCUT2D eigenvalue weighted by Gasteiger charge is -2.07. The van der Waals surface area contributed by atoms with Gasteiger partial charge in [-0.05, 0) is 82.6 Å². The Morgan fingerprint density at radius 1 is 0.827 bits per heavy atom. The molecule has 4 fully saturated rings. The number of rotatable bonds is 7. The van der Waals surface area contributed by atoms with Gasteiger partial charge in [0.1, 0.15) is 22.9 Å². The molecule has 3 aliphatic carbocycles. The van der Waals surface area contributed by atoms with E-state index in [-0.39, 0.29) is 28.9 Å². The molecule has 0 radical (unpaired) electrons. The predicted octanol–water partition coefficient (Wildman–Crippen LogP) is 6.34. The van der Waals surface area contributed by atoms with E-state index >= 15 is 0 Å². The Morgan fingerprint density at radius 3 is 1.63 bits per heavy atom. The third-order valence-corrected chi connectivity index (χ3v) is 7.01. The highest BCUT2D eigenvalue weighted by atomic mass is 19.1. The molecule has 0 atom stereocenters. The largest absolute Gasteiger partial charge is 0.508 e. The van der Waals surface area contributed by atoms with E-state index in [0.717, 1.165) is 43.9 Å². The molecule has 1 heterocycles. The molecule has 17 heteroatoms. The summed E-state index contributed by atoms with van der Waals surface area (Å²) in [4.78, 5) is 29.2. The predicted molar refractivity (Wildman–Crippen MR) is 195 cm³/mol. The SMILES string of the molecule is C1CCOC1.CCOC(C)=O.NC1CC1.Nc1ccc(O)cc1NC1CC1.O=[N+]([O-])c1ccc(O)cc1F.O=[N+]([O-])c1ccc(O)cc1NC1CC1. The van der Waals surface area contributed by atoms with Crippen LogP contribution in [0.25, 0.3) is 0 Å². The highest BCUT2D eigenvalue weighted by Gasteiger charge is 2.25. The molecule has 9 N–H and O–H groups in total. The quantitative estimate of drug-likeness (QED) is 0.0460. The summed E-state index contributed by atoms with van der Waals surface area (Å²) >= 11 is 0. The summed E-state index contributed by atoms with van der Waals surface area (Å²) in [6.45, 7) is 5.65. The van der Waals surface area contributed by atoms with Crippen molar-refractivity contribution in [2.24, 2.45) is 5.73 Å². The second-order valence-electron chi connectivity index (χ2n) is 12.0. The number of aromatic hydroxyl groups is 3. The van der Waals surface area contributed by atoms with Crippen LogP contribution < -0.4 is 22.1 Å². The molecule has 4 aliphatic rings. The molecular formula is C35H49FN6O10. The number of nitro benzene ring substituents is 2. The van der Waals surface area contributed by atoms with Crippen LogP contribution in [-0.2, 0) is 14.3 Å². The maximum absolute atomic E-state index is 12.5. The van der Waals surface area contributed by atoms with Gasteiger partial charge in [0.2, 0.25) is 5.82 Å². The van der Waals surface area contributed by atoms with Crippen LogP contribution in [-0.4, -0.2) is 69.1 Å². The van der Waals surface area contributed by atoms with Crippen LogP contribution in [0.3, 0.4) is 0 Å². The molecular weight excluding hydrogens is 683 g/mol. The minimum absolute atomic E-state index is 0.00898. The zero-order valence-corrected chi connectivity index (χ0v) is 29.3. The molecule has 0 amide bonds. The van der Waals surface area contributed by atoms with Crippen LogP contribution in [0, 0.1) is 26.0 Å². The maximum atomic E-state index is 12.5. The van der Waals surface area contributed by atoms with Gasteiger partial charge in [-0.1, -0.05) is 0 Å². The van der Waals surface area contributed by atoms with Crippen molar-refractivity contribution in [3.05, 3.63) is 80.6 Å². The average molecular weight is 733 g/mol. The van der Waals surface area contributed by atoms with Gasteiger partial charge in [-0.25, -0.2) is 0 Å². The smallest absolute Gasteiger partial charge is 0.305 e. The summed E-state index contributed by atoms with van der Waals surface area (Å²) in [5, 5.41) is 53.9. The number of phenolic OH excluding ortho intramolecular Hbond substituents is 3. The van der Waals surface area contributed by atoms with Gasteiger partial charge < -0.3 is 46.9 Å². The number of anilines is 3. The first-order valence-corrected chi connectivity index (χ1v) is 16.9. The van der Waals surface area contributed by atoms with Crippen LogP contribution >= 0.6 is 0 Å². The van der Waals surface area contributed by atoms with Crippen LogP contribution in [0.15, 0.2) is 54.6 Å². The fraction of sp³-hybridized carbons (Fsp3) is 0.457. The number of hydrogen-bond donors (Lipinski definition) is 7. The molecule has 1 saturated heterocycles. The summed E-state index contributed by atoms with van der Waals surface area (Å²) < 4.78 is 21.8. The van der Waals surface area contributed by atoms with Crippen molar-refractivity contribution in [3.8, 4) is 17.2 Å². The third kappa shape index (κ3) is 19.1. The van der Waals surface area contributed by atoms with E-state index in [1.807, 2.05) is 0 Å². The Kier molecular flexibility index (Phi) is 18.4. The lowest BCUT2D eigenvalue weighted by Crippen LogP contribution is -2.03. The van der Waals surface area contributed by atoms with Crippen molar-refractivity contribution in [2.45, 2.75) is 83.3 Å². The highest BCUT2D eigenvalue weighted by molar-refractivity contribution is 5.69. The first-order valence-electron chi connectivity index (χ1n) is 16.9. The van der Waals surface area contributed by atoms with Gasteiger partial charge in [0, 0.05) is 68.6 Å². The van der Waals surface area contributed by atoms with Gasteiger partial charge in [0.25, 0.3) is 5.69 Å². The molecule has 3 saturated carbocycles. The zero-order valence-electron chi connectivity index (χ0n) is 29.3. The zero-order chi connectivity index (χ0) is 38.6. The number of nitro groups is 2. The van der Waals surface area contributed by atoms with Gasteiger partial charge in [0.15, 0.2) is 0 Å². The molecule has 0 bridgehead atoms. The molecule has 0 spiro atoms. The lowest BCUT2D eigenvalue weighted by molar-refractivity contribution is -0.387. The standard InChI is InChI=1S/C9H10N2O3.C9H12N2O.C6H4FNO3.C4H8O2.C4H8O.C3H7N/c12-7-3-4-9(11(13)14)8(5-7)10-6-1-2-6;10-8-4-3-7(12)5-9(8)11-6-1-2-6;7-5-3-4(9)1-2-6(5)8(10)11;1-3-6-4(2)5;1-2-4-5-3-1;4-3-1-2-3/h3-6,10,12H,1-2H2;3-6,11-12H,1-2,10H2;1-3,9H;3H2,1-2H3;1-4H2;3H,1-2,4H2. The number of esters is 1. The first-order chi connectivity index (χ1) is 24.7. The number of ether oxygens (including phenoxy) is 2. The van der Waals surface area contributed by atoms with E-state index in [1.54, 1.807) is 25.1 Å². The Morgan fingerprint density at radius 2 is 1.27 bits per heavy atom. The summed E-state index contributed by atoms with van der Waals surface area (Å²) in [6, 6.07) is 13.1. The minimum atomic E-state index is -1.03. The van der Waals surface area contributed by atoms with Gasteiger partial charge in [-0.3, -0.25) is 25.0 Å². The third-order valence-electron chi connectivity index (χ3n) is 7.01. The molecule has 16 nitrogen and oxygen atoms in total. The summed E-state index contributed by atoms with van der Waals surface area (Å²) in [7, 11) is 0. The maximum Gasteiger partial charge on any atom is 0.305 e. The molecule has 3 aromatic rings. The topological polar surface area (TPSA) is 259 Å². The number of nitrogens with two attached hydrogens (primary N) is 2. The average Bonchev–Trinajstić information content (AvgIpc) is 4.04.